The van der Waals surface area contributed by atoms with Gasteiger partial charge in [0.25, 0.3) is 0 Å². The molecule has 1 aliphatic rings. The van der Waals surface area contributed by atoms with E-state index in [0.29, 0.717) is 12.1 Å². The van der Waals surface area contributed by atoms with Gasteiger partial charge in [0.1, 0.15) is 11.6 Å². The van der Waals surface area contributed by atoms with Crippen LogP contribution >= 0.6 is 0 Å². The SMILES string of the molecule is O=C(NNc1ccc(F)c(F)c1F)C1CC(=O)N(c2cc(F)cc(F)c2)C1. The van der Waals surface area contributed by atoms with Crippen molar-refractivity contribution in [2.45, 2.75) is 6.42 Å². The van der Waals surface area contributed by atoms with Crippen LogP contribution in [0.15, 0.2) is 30.3 Å². The zero-order valence-electron chi connectivity index (χ0n) is 13.5. The van der Waals surface area contributed by atoms with Crippen molar-refractivity contribution in [1.29, 1.82) is 0 Å². The highest BCUT2D eigenvalue weighted by atomic mass is 19.2. The van der Waals surface area contributed by atoms with Gasteiger partial charge in [0.05, 0.1) is 11.6 Å². The average Bonchev–Trinajstić information content (AvgIpc) is 3.00. The number of carbonyl (C=O) groups is 2. The molecule has 0 aromatic heterocycles. The summed E-state index contributed by atoms with van der Waals surface area (Å²) in [6.45, 7) is -0.157. The van der Waals surface area contributed by atoms with Crippen LogP contribution in [0.3, 0.4) is 0 Å². The van der Waals surface area contributed by atoms with E-state index in [1.165, 1.54) is 0 Å². The maximum atomic E-state index is 13.5. The number of anilines is 2. The van der Waals surface area contributed by atoms with Crippen LogP contribution in [0.2, 0.25) is 0 Å². The van der Waals surface area contributed by atoms with Gasteiger partial charge in [-0.2, -0.15) is 0 Å². The number of rotatable bonds is 4. The maximum Gasteiger partial charge on any atom is 0.243 e. The zero-order valence-corrected chi connectivity index (χ0v) is 13.5. The predicted octanol–water partition coefficient (Wildman–Crippen LogP) is 2.88. The quantitative estimate of drug-likeness (QED) is 0.483. The van der Waals surface area contributed by atoms with Gasteiger partial charge in [0.15, 0.2) is 17.5 Å². The first kappa shape index (κ1) is 18.6. The van der Waals surface area contributed by atoms with E-state index in [1.54, 1.807) is 0 Å². The Morgan fingerprint density at radius 1 is 1.00 bits per heavy atom. The number of nitrogens with zero attached hydrogens (tertiary/aromatic N) is 1. The third kappa shape index (κ3) is 3.83. The molecule has 3 rings (SSSR count). The second-order valence-electron chi connectivity index (χ2n) is 5.87. The van der Waals surface area contributed by atoms with Crippen molar-refractivity contribution in [1.82, 2.24) is 5.43 Å². The van der Waals surface area contributed by atoms with E-state index >= 15 is 0 Å². The molecular weight excluding hydrogens is 373 g/mol. The summed E-state index contributed by atoms with van der Waals surface area (Å²) < 4.78 is 66.2. The number of hydrogen-bond donors (Lipinski definition) is 2. The maximum absolute atomic E-state index is 13.5. The van der Waals surface area contributed by atoms with Crippen molar-refractivity contribution in [2.75, 3.05) is 16.9 Å². The van der Waals surface area contributed by atoms with E-state index in [1.807, 2.05) is 0 Å². The molecule has 0 radical (unpaired) electrons. The Hall–Kier alpha value is -3.17. The van der Waals surface area contributed by atoms with Crippen LogP contribution in [-0.2, 0) is 9.59 Å². The third-order valence-electron chi connectivity index (χ3n) is 4.01. The first-order valence-electron chi connectivity index (χ1n) is 7.72. The van der Waals surface area contributed by atoms with Crippen molar-refractivity contribution in [3.8, 4) is 0 Å². The van der Waals surface area contributed by atoms with Crippen molar-refractivity contribution in [2.24, 2.45) is 5.92 Å². The van der Waals surface area contributed by atoms with Gasteiger partial charge >= 0.3 is 0 Å². The summed E-state index contributed by atoms with van der Waals surface area (Å²) in [7, 11) is 0. The molecule has 0 bridgehead atoms. The molecule has 1 unspecified atom stereocenters. The van der Waals surface area contributed by atoms with Crippen LogP contribution in [0.5, 0.6) is 0 Å². The highest BCUT2D eigenvalue weighted by Gasteiger charge is 2.35. The Kier molecular flexibility index (Phi) is 4.98. The summed E-state index contributed by atoms with van der Waals surface area (Å²) in [5, 5.41) is 0. The van der Waals surface area contributed by atoms with E-state index in [-0.39, 0.29) is 18.7 Å². The topological polar surface area (TPSA) is 61.4 Å². The smallest absolute Gasteiger partial charge is 0.243 e. The van der Waals surface area contributed by atoms with Gasteiger partial charge in [-0.25, -0.2) is 22.0 Å². The lowest BCUT2D eigenvalue weighted by atomic mass is 10.1. The van der Waals surface area contributed by atoms with Crippen LogP contribution in [0.1, 0.15) is 6.42 Å². The third-order valence-corrected chi connectivity index (χ3v) is 4.01. The number of carbonyl (C=O) groups excluding carboxylic acids is 2. The standard InChI is InChI=1S/C17H12F5N3O2/c18-9-4-10(19)6-11(5-9)25-7-8(3-14(25)26)17(27)24-23-13-2-1-12(20)15(21)16(13)22/h1-2,4-6,8,23H,3,7H2,(H,24,27). The van der Waals surface area contributed by atoms with Gasteiger partial charge < -0.3 is 4.90 Å². The van der Waals surface area contributed by atoms with Crippen molar-refractivity contribution < 1.29 is 31.5 Å². The van der Waals surface area contributed by atoms with E-state index in [2.05, 4.69) is 10.9 Å². The van der Waals surface area contributed by atoms with Gasteiger partial charge in [-0.1, -0.05) is 0 Å². The van der Waals surface area contributed by atoms with Crippen molar-refractivity contribution in [3.63, 3.8) is 0 Å². The molecule has 0 spiro atoms. The minimum atomic E-state index is -1.70. The molecule has 1 saturated heterocycles. The van der Waals surface area contributed by atoms with Gasteiger partial charge in [-0.3, -0.25) is 20.4 Å². The first-order valence-corrected chi connectivity index (χ1v) is 7.72. The highest BCUT2D eigenvalue weighted by molar-refractivity contribution is 6.00. The molecule has 142 valence electrons. The molecule has 5 nitrogen and oxygen atoms in total. The molecule has 2 aromatic rings. The fraction of sp³-hybridized carbons (Fsp3) is 0.176. The molecule has 1 heterocycles. The predicted molar refractivity (Wildman–Crippen MR) is 84.9 cm³/mol. The van der Waals surface area contributed by atoms with E-state index < -0.39 is 52.5 Å². The molecule has 1 atom stereocenters. The Morgan fingerprint density at radius 2 is 1.67 bits per heavy atom. The number of nitrogens with one attached hydrogen (secondary N) is 2. The Labute approximate surface area is 149 Å². The molecule has 1 fully saturated rings. The number of hydrogen-bond acceptors (Lipinski definition) is 3. The van der Waals surface area contributed by atoms with Crippen LogP contribution < -0.4 is 15.8 Å². The van der Waals surface area contributed by atoms with Crippen LogP contribution in [0.25, 0.3) is 0 Å². The summed E-state index contributed by atoms with van der Waals surface area (Å²) in [6.07, 6.45) is -0.244. The van der Waals surface area contributed by atoms with Crippen LogP contribution in [0, 0.1) is 35.0 Å². The minimum Gasteiger partial charge on any atom is -0.311 e. The van der Waals surface area contributed by atoms with Gasteiger partial charge in [-0.15, -0.1) is 0 Å². The molecule has 0 aliphatic carbocycles. The number of benzene rings is 2. The van der Waals surface area contributed by atoms with Gasteiger partial charge in [0, 0.05) is 24.7 Å². The van der Waals surface area contributed by atoms with E-state index in [0.717, 1.165) is 23.1 Å². The molecule has 10 heteroatoms. The Bertz CT molecular complexity index is 901. The largest absolute Gasteiger partial charge is 0.311 e. The summed E-state index contributed by atoms with van der Waals surface area (Å²) in [5.41, 5.74) is 3.67. The summed E-state index contributed by atoms with van der Waals surface area (Å²) in [5.74, 6) is -8.51. The lowest BCUT2D eigenvalue weighted by Crippen LogP contribution is -2.36. The van der Waals surface area contributed by atoms with Crippen LogP contribution in [0.4, 0.5) is 33.3 Å². The minimum absolute atomic E-state index is 0.0348. The molecule has 2 N–H and O–H groups in total. The van der Waals surface area contributed by atoms with Crippen molar-refractivity contribution in [3.05, 3.63) is 59.4 Å². The fourth-order valence-electron chi connectivity index (χ4n) is 2.68. The summed E-state index contributed by atoms with van der Waals surface area (Å²) >= 11 is 0. The van der Waals surface area contributed by atoms with Crippen LogP contribution in [-0.4, -0.2) is 18.4 Å². The molecule has 2 aromatic carbocycles. The molecule has 27 heavy (non-hydrogen) atoms. The average molecular weight is 385 g/mol. The van der Waals surface area contributed by atoms with E-state index in [9.17, 15) is 31.5 Å². The van der Waals surface area contributed by atoms with Crippen molar-refractivity contribution >= 4 is 23.2 Å². The lowest BCUT2D eigenvalue weighted by Gasteiger charge is -2.17. The number of hydrazine groups is 1. The Morgan fingerprint density at radius 3 is 2.33 bits per heavy atom. The van der Waals surface area contributed by atoms with E-state index in [4.69, 9.17) is 0 Å². The second kappa shape index (κ2) is 7.22. The molecule has 2 amide bonds. The summed E-state index contributed by atoms with van der Waals surface area (Å²) in [6, 6.07) is 4.11. The normalized spacial score (nSPS) is 16.6. The van der Waals surface area contributed by atoms with Gasteiger partial charge in [-0.05, 0) is 24.3 Å². The first-order chi connectivity index (χ1) is 12.8. The fourth-order valence-corrected chi connectivity index (χ4v) is 2.68. The monoisotopic (exact) mass is 385 g/mol. The zero-order chi connectivity index (χ0) is 19.7. The molecule has 0 saturated carbocycles. The highest BCUT2D eigenvalue weighted by Crippen LogP contribution is 2.27. The van der Waals surface area contributed by atoms with Gasteiger partial charge in [0.2, 0.25) is 11.8 Å². The lowest BCUT2D eigenvalue weighted by molar-refractivity contribution is -0.125. The molecular formula is C17H12F5N3O2. The second-order valence-corrected chi connectivity index (χ2v) is 5.87. The molecule has 1 aliphatic heterocycles. The summed E-state index contributed by atoms with van der Waals surface area (Å²) in [4.78, 5) is 25.2. The number of halogens is 5. The number of amides is 2. The Balaban J connectivity index is 1.66.